The Kier molecular flexibility index (Phi) is 3.51. The van der Waals surface area contributed by atoms with Gasteiger partial charge in [-0.25, -0.2) is 0 Å². The van der Waals surface area contributed by atoms with Crippen LogP contribution in [-0.2, 0) is 19.6 Å². The molecule has 2 aromatic heterocycles. The van der Waals surface area contributed by atoms with Gasteiger partial charge in [0.1, 0.15) is 0 Å². The fourth-order valence-corrected chi connectivity index (χ4v) is 2.88. The summed E-state index contributed by atoms with van der Waals surface area (Å²) in [6, 6.07) is 8.34. The van der Waals surface area contributed by atoms with Crippen LogP contribution in [0.3, 0.4) is 0 Å². The molecule has 0 aliphatic carbocycles. The molecule has 0 radical (unpaired) electrons. The predicted molar refractivity (Wildman–Crippen MR) is 84.1 cm³/mol. The number of fused-ring (bicyclic) bond motifs is 1. The molecule has 2 heterocycles. The van der Waals surface area contributed by atoms with Crippen molar-refractivity contribution in [1.29, 1.82) is 0 Å². The molecule has 0 fully saturated rings. The number of hydrogen-bond acceptors (Lipinski definition) is 3. The van der Waals surface area contributed by atoms with Gasteiger partial charge in [0.25, 0.3) is 0 Å². The SMILES string of the molecule is CCn1nc(Cn2nc(C)c(CN)c2C)c2ccccc21. The maximum atomic E-state index is 5.80. The summed E-state index contributed by atoms with van der Waals surface area (Å²) in [7, 11) is 0. The molecule has 0 bridgehead atoms. The van der Waals surface area contributed by atoms with Crippen LogP contribution in [0.5, 0.6) is 0 Å². The van der Waals surface area contributed by atoms with Crippen molar-refractivity contribution < 1.29 is 0 Å². The van der Waals surface area contributed by atoms with Gasteiger partial charge in [0, 0.05) is 29.7 Å². The van der Waals surface area contributed by atoms with E-state index in [-0.39, 0.29) is 0 Å². The van der Waals surface area contributed by atoms with Crippen molar-refractivity contribution in [2.45, 2.75) is 40.4 Å². The summed E-state index contributed by atoms with van der Waals surface area (Å²) in [5.74, 6) is 0. The van der Waals surface area contributed by atoms with Crippen molar-refractivity contribution in [1.82, 2.24) is 19.6 Å². The molecule has 0 saturated heterocycles. The first-order chi connectivity index (χ1) is 10.2. The van der Waals surface area contributed by atoms with E-state index in [2.05, 4.69) is 43.2 Å². The van der Waals surface area contributed by atoms with E-state index in [1.807, 2.05) is 16.3 Å². The highest BCUT2D eigenvalue weighted by molar-refractivity contribution is 5.81. The summed E-state index contributed by atoms with van der Waals surface area (Å²) in [5.41, 5.74) is 11.3. The fourth-order valence-electron chi connectivity index (χ4n) is 2.88. The van der Waals surface area contributed by atoms with Crippen LogP contribution < -0.4 is 5.73 Å². The lowest BCUT2D eigenvalue weighted by atomic mass is 10.2. The topological polar surface area (TPSA) is 61.7 Å². The Hall–Kier alpha value is -2.14. The Morgan fingerprint density at radius 3 is 2.52 bits per heavy atom. The van der Waals surface area contributed by atoms with Crippen LogP contribution in [0.15, 0.2) is 24.3 Å². The number of aryl methyl sites for hydroxylation is 2. The first kappa shape index (κ1) is 13.8. The predicted octanol–water partition coefficient (Wildman–Crippen LogP) is 2.38. The summed E-state index contributed by atoms with van der Waals surface area (Å²) in [4.78, 5) is 0. The zero-order valence-electron chi connectivity index (χ0n) is 12.8. The third kappa shape index (κ3) is 2.23. The smallest absolute Gasteiger partial charge is 0.0918 e. The maximum absolute atomic E-state index is 5.80. The quantitative estimate of drug-likeness (QED) is 0.799. The molecule has 2 N–H and O–H groups in total. The van der Waals surface area contributed by atoms with Crippen LogP contribution in [0.1, 0.15) is 29.6 Å². The average Bonchev–Trinajstić information content (AvgIpc) is 2.98. The van der Waals surface area contributed by atoms with Crippen LogP contribution in [-0.4, -0.2) is 19.6 Å². The van der Waals surface area contributed by atoms with Crippen LogP contribution in [0, 0.1) is 13.8 Å². The Bertz CT molecular complexity index is 781. The molecule has 3 aromatic rings. The van der Waals surface area contributed by atoms with Gasteiger partial charge in [-0.2, -0.15) is 10.2 Å². The lowest BCUT2D eigenvalue weighted by Crippen LogP contribution is -2.07. The molecule has 21 heavy (non-hydrogen) atoms. The minimum absolute atomic E-state index is 0.530. The summed E-state index contributed by atoms with van der Waals surface area (Å²) >= 11 is 0. The van der Waals surface area contributed by atoms with Crippen LogP contribution in [0.2, 0.25) is 0 Å². The van der Waals surface area contributed by atoms with Gasteiger partial charge < -0.3 is 5.73 Å². The van der Waals surface area contributed by atoms with Crippen molar-refractivity contribution >= 4 is 10.9 Å². The Morgan fingerprint density at radius 2 is 1.86 bits per heavy atom. The van der Waals surface area contributed by atoms with Gasteiger partial charge in [0.05, 0.1) is 23.4 Å². The maximum Gasteiger partial charge on any atom is 0.0918 e. The van der Waals surface area contributed by atoms with Crippen molar-refractivity contribution in [2.75, 3.05) is 0 Å². The number of aromatic nitrogens is 4. The van der Waals surface area contributed by atoms with Gasteiger partial charge in [0.15, 0.2) is 0 Å². The van der Waals surface area contributed by atoms with E-state index in [0.29, 0.717) is 13.1 Å². The molecule has 0 amide bonds. The van der Waals surface area contributed by atoms with E-state index in [9.17, 15) is 0 Å². The second-order valence-electron chi connectivity index (χ2n) is 5.29. The summed E-state index contributed by atoms with van der Waals surface area (Å²) in [5, 5.41) is 10.5. The number of para-hydroxylation sites is 1. The van der Waals surface area contributed by atoms with E-state index in [1.54, 1.807) is 0 Å². The highest BCUT2D eigenvalue weighted by atomic mass is 15.3. The van der Waals surface area contributed by atoms with Gasteiger partial charge in [-0.1, -0.05) is 18.2 Å². The lowest BCUT2D eigenvalue weighted by Gasteiger charge is -2.03. The van der Waals surface area contributed by atoms with Gasteiger partial charge in [-0.05, 0) is 26.8 Å². The van der Waals surface area contributed by atoms with E-state index in [0.717, 1.165) is 29.2 Å². The Balaban J connectivity index is 2.06. The highest BCUT2D eigenvalue weighted by Crippen LogP contribution is 2.21. The molecule has 0 aliphatic heterocycles. The van der Waals surface area contributed by atoms with Crippen molar-refractivity contribution in [2.24, 2.45) is 5.73 Å². The van der Waals surface area contributed by atoms with E-state index < -0.39 is 0 Å². The van der Waals surface area contributed by atoms with E-state index in [1.165, 1.54) is 10.9 Å². The highest BCUT2D eigenvalue weighted by Gasteiger charge is 2.14. The number of rotatable bonds is 4. The standard InChI is InChI=1S/C16H21N5/c1-4-20-16-8-6-5-7-13(16)15(19-20)10-21-12(3)14(9-17)11(2)18-21/h5-8H,4,9-10,17H2,1-3H3. The summed E-state index contributed by atoms with van der Waals surface area (Å²) < 4.78 is 4.05. The molecule has 1 aromatic carbocycles. The van der Waals surface area contributed by atoms with Crippen LogP contribution in [0.25, 0.3) is 10.9 Å². The first-order valence-corrected chi connectivity index (χ1v) is 7.33. The molecule has 5 nitrogen and oxygen atoms in total. The molecule has 0 aliphatic rings. The average molecular weight is 283 g/mol. The second-order valence-corrected chi connectivity index (χ2v) is 5.29. The van der Waals surface area contributed by atoms with Gasteiger partial charge in [-0.3, -0.25) is 9.36 Å². The Morgan fingerprint density at radius 1 is 1.10 bits per heavy atom. The fraction of sp³-hybridized carbons (Fsp3) is 0.375. The minimum Gasteiger partial charge on any atom is -0.326 e. The Labute approximate surface area is 124 Å². The molecule has 110 valence electrons. The third-order valence-corrected chi connectivity index (χ3v) is 4.07. The number of benzene rings is 1. The second kappa shape index (κ2) is 5.33. The molecular formula is C16H21N5. The number of nitrogens with zero attached hydrogens (tertiary/aromatic N) is 4. The van der Waals surface area contributed by atoms with Gasteiger partial charge in [-0.15, -0.1) is 0 Å². The first-order valence-electron chi connectivity index (χ1n) is 7.33. The normalized spacial score (nSPS) is 11.4. The minimum atomic E-state index is 0.530. The molecule has 5 heteroatoms. The number of nitrogens with two attached hydrogens (primary N) is 1. The van der Waals surface area contributed by atoms with Crippen molar-refractivity contribution in [3.63, 3.8) is 0 Å². The van der Waals surface area contributed by atoms with Gasteiger partial charge in [0.2, 0.25) is 0 Å². The molecule has 0 saturated carbocycles. The molecule has 0 atom stereocenters. The van der Waals surface area contributed by atoms with E-state index in [4.69, 9.17) is 10.8 Å². The van der Waals surface area contributed by atoms with Crippen molar-refractivity contribution in [3.05, 3.63) is 46.9 Å². The lowest BCUT2D eigenvalue weighted by molar-refractivity contribution is 0.614. The zero-order valence-corrected chi connectivity index (χ0v) is 12.8. The zero-order chi connectivity index (χ0) is 15.0. The van der Waals surface area contributed by atoms with Crippen LogP contribution >= 0.6 is 0 Å². The van der Waals surface area contributed by atoms with Crippen molar-refractivity contribution in [3.8, 4) is 0 Å². The van der Waals surface area contributed by atoms with Crippen LogP contribution in [0.4, 0.5) is 0 Å². The molecule has 3 rings (SSSR count). The van der Waals surface area contributed by atoms with Gasteiger partial charge >= 0.3 is 0 Å². The largest absolute Gasteiger partial charge is 0.326 e. The molecular weight excluding hydrogens is 262 g/mol. The monoisotopic (exact) mass is 283 g/mol. The van der Waals surface area contributed by atoms with E-state index >= 15 is 0 Å². The molecule has 0 unspecified atom stereocenters. The number of hydrogen-bond donors (Lipinski definition) is 1. The third-order valence-electron chi connectivity index (χ3n) is 4.07. The summed E-state index contributed by atoms with van der Waals surface area (Å²) in [6.45, 7) is 8.27. The summed E-state index contributed by atoms with van der Waals surface area (Å²) in [6.07, 6.45) is 0. The molecule has 0 spiro atoms.